The molecule has 7 nitrogen and oxygen atoms in total. The molecule has 3 aromatic carbocycles. The van der Waals surface area contributed by atoms with Crippen LogP contribution in [0.5, 0.6) is 11.5 Å². The third kappa shape index (κ3) is 7.80. The second-order valence-electron chi connectivity index (χ2n) is 8.88. The van der Waals surface area contributed by atoms with E-state index in [-0.39, 0.29) is 5.91 Å². The molecule has 1 heterocycles. The van der Waals surface area contributed by atoms with E-state index in [1.54, 1.807) is 0 Å². The van der Waals surface area contributed by atoms with Gasteiger partial charge in [-0.15, -0.1) is 0 Å². The summed E-state index contributed by atoms with van der Waals surface area (Å²) in [7, 11) is 3.93. The Kier molecular flexibility index (Phi) is 8.86. The third-order valence-electron chi connectivity index (χ3n) is 5.52. The van der Waals surface area contributed by atoms with E-state index < -0.39 is 0 Å². The number of rotatable bonds is 12. The molecule has 0 aliphatic heterocycles. The first-order chi connectivity index (χ1) is 17.5. The molecule has 0 aliphatic carbocycles. The Balaban J connectivity index is 1.45. The molecule has 1 N–H and O–H groups in total. The van der Waals surface area contributed by atoms with Gasteiger partial charge in [0.25, 0.3) is 5.91 Å². The summed E-state index contributed by atoms with van der Waals surface area (Å²) in [4.78, 5) is 21.1. The number of hydrogen-bond acceptors (Lipinski definition) is 6. The molecule has 4 rings (SSSR count). The van der Waals surface area contributed by atoms with Crippen molar-refractivity contribution in [2.45, 2.75) is 19.6 Å². The lowest BCUT2D eigenvalue weighted by Crippen LogP contribution is -2.31. The highest BCUT2D eigenvalue weighted by molar-refractivity contribution is 5.91. The Morgan fingerprint density at radius 3 is 2.28 bits per heavy atom. The monoisotopic (exact) mass is 484 g/mol. The van der Waals surface area contributed by atoms with E-state index in [4.69, 9.17) is 9.15 Å². The second-order valence-corrected chi connectivity index (χ2v) is 8.88. The van der Waals surface area contributed by atoms with Crippen LogP contribution >= 0.6 is 0 Å². The largest absolute Gasteiger partial charge is 0.457 e. The molecule has 0 unspecified atom stereocenters. The minimum Gasteiger partial charge on any atom is -0.457 e. The minimum absolute atomic E-state index is 0.229. The van der Waals surface area contributed by atoms with E-state index in [0.717, 1.165) is 23.6 Å². The van der Waals surface area contributed by atoms with Crippen molar-refractivity contribution in [3.05, 3.63) is 114 Å². The van der Waals surface area contributed by atoms with Gasteiger partial charge in [0.2, 0.25) is 5.89 Å². The number of nitrogens with one attached hydrogen (secondary N) is 1. The topological polar surface area (TPSA) is 70.8 Å². The van der Waals surface area contributed by atoms with Gasteiger partial charge in [0.15, 0.2) is 5.69 Å². The first-order valence-corrected chi connectivity index (χ1v) is 12.0. The van der Waals surface area contributed by atoms with Crippen molar-refractivity contribution in [2.75, 3.05) is 27.2 Å². The Bertz CT molecular complexity index is 1230. The summed E-state index contributed by atoms with van der Waals surface area (Å²) in [6.07, 6.45) is 1.43. The number of carbonyl (C=O) groups is 1. The molecule has 0 saturated carbocycles. The van der Waals surface area contributed by atoms with E-state index in [0.29, 0.717) is 37.8 Å². The highest BCUT2D eigenvalue weighted by Crippen LogP contribution is 2.23. The quantitative estimate of drug-likeness (QED) is 0.306. The normalized spacial score (nSPS) is 11.1. The summed E-state index contributed by atoms with van der Waals surface area (Å²) < 4.78 is 11.7. The molecular weight excluding hydrogens is 452 g/mol. The second kappa shape index (κ2) is 12.7. The number of carbonyl (C=O) groups excluding carboxylic acids is 1. The molecule has 4 aromatic rings. The van der Waals surface area contributed by atoms with Crippen LogP contribution in [0.4, 0.5) is 0 Å². The molecule has 186 valence electrons. The number of para-hydroxylation sites is 1. The minimum atomic E-state index is -0.229. The molecule has 36 heavy (non-hydrogen) atoms. The highest BCUT2D eigenvalue weighted by atomic mass is 16.5. The summed E-state index contributed by atoms with van der Waals surface area (Å²) >= 11 is 0. The zero-order chi connectivity index (χ0) is 25.2. The molecule has 0 fully saturated rings. The number of oxazole rings is 1. The summed E-state index contributed by atoms with van der Waals surface area (Å²) in [6, 6.07) is 28.1. The Hall–Kier alpha value is -3.94. The molecule has 0 bridgehead atoms. The molecular formula is C29H32N4O3. The average Bonchev–Trinajstić information content (AvgIpc) is 3.34. The van der Waals surface area contributed by atoms with E-state index in [1.807, 2.05) is 85.7 Å². The Morgan fingerprint density at radius 1 is 0.861 bits per heavy atom. The van der Waals surface area contributed by atoms with Crippen LogP contribution in [-0.2, 0) is 19.6 Å². The van der Waals surface area contributed by atoms with Crippen molar-refractivity contribution in [2.24, 2.45) is 0 Å². The van der Waals surface area contributed by atoms with Crippen molar-refractivity contribution < 1.29 is 13.9 Å². The number of aromatic nitrogens is 1. The van der Waals surface area contributed by atoms with Crippen LogP contribution in [0.1, 0.15) is 27.5 Å². The van der Waals surface area contributed by atoms with Gasteiger partial charge in [0, 0.05) is 26.2 Å². The summed E-state index contributed by atoms with van der Waals surface area (Å²) in [5.74, 6) is 1.85. The predicted octanol–water partition coefficient (Wildman–Crippen LogP) is 4.96. The fourth-order valence-electron chi connectivity index (χ4n) is 3.76. The maximum absolute atomic E-state index is 12.4. The SMILES string of the molecule is CN(C)CCNC(=O)c1coc(CN(Cc2ccccc2)Cc2cccc(Oc3ccccc3)c2)n1. The van der Waals surface area contributed by atoms with Gasteiger partial charge < -0.3 is 19.4 Å². The Morgan fingerprint density at radius 2 is 1.53 bits per heavy atom. The van der Waals surface area contributed by atoms with Crippen LogP contribution < -0.4 is 10.1 Å². The number of likely N-dealkylation sites (N-methyl/N-ethyl adjacent to an activating group) is 1. The lowest BCUT2D eigenvalue weighted by atomic mass is 10.1. The van der Waals surface area contributed by atoms with Gasteiger partial charge in [-0.1, -0.05) is 60.7 Å². The zero-order valence-corrected chi connectivity index (χ0v) is 20.8. The van der Waals surface area contributed by atoms with Crippen LogP contribution in [-0.4, -0.2) is 47.9 Å². The fourth-order valence-corrected chi connectivity index (χ4v) is 3.76. The van der Waals surface area contributed by atoms with Gasteiger partial charge >= 0.3 is 0 Å². The number of ether oxygens (including phenoxy) is 1. The van der Waals surface area contributed by atoms with Crippen molar-refractivity contribution in [3.63, 3.8) is 0 Å². The fraction of sp³-hybridized carbons (Fsp3) is 0.241. The van der Waals surface area contributed by atoms with Gasteiger partial charge in [-0.3, -0.25) is 9.69 Å². The van der Waals surface area contributed by atoms with E-state index in [9.17, 15) is 4.79 Å². The molecule has 1 amide bonds. The van der Waals surface area contributed by atoms with Gasteiger partial charge in [0.05, 0.1) is 6.54 Å². The first kappa shape index (κ1) is 25.2. The van der Waals surface area contributed by atoms with Gasteiger partial charge in [-0.25, -0.2) is 4.98 Å². The number of benzene rings is 3. The van der Waals surface area contributed by atoms with Crippen LogP contribution in [0.2, 0.25) is 0 Å². The lowest BCUT2D eigenvalue weighted by molar-refractivity contribution is 0.0946. The molecule has 0 aliphatic rings. The molecule has 7 heteroatoms. The lowest BCUT2D eigenvalue weighted by Gasteiger charge is -2.21. The highest BCUT2D eigenvalue weighted by Gasteiger charge is 2.16. The smallest absolute Gasteiger partial charge is 0.273 e. The first-order valence-electron chi connectivity index (χ1n) is 12.0. The summed E-state index contributed by atoms with van der Waals surface area (Å²) in [6.45, 7) is 3.14. The maximum atomic E-state index is 12.4. The van der Waals surface area contributed by atoms with Crippen LogP contribution in [0.3, 0.4) is 0 Å². The van der Waals surface area contributed by atoms with Crippen molar-refractivity contribution >= 4 is 5.91 Å². The van der Waals surface area contributed by atoms with Gasteiger partial charge in [-0.2, -0.15) is 0 Å². The molecule has 0 radical (unpaired) electrons. The third-order valence-corrected chi connectivity index (χ3v) is 5.52. The van der Waals surface area contributed by atoms with Crippen LogP contribution in [0.25, 0.3) is 0 Å². The van der Waals surface area contributed by atoms with E-state index in [2.05, 4.69) is 33.4 Å². The average molecular weight is 485 g/mol. The maximum Gasteiger partial charge on any atom is 0.273 e. The van der Waals surface area contributed by atoms with Crippen molar-refractivity contribution in [3.8, 4) is 11.5 Å². The summed E-state index contributed by atoms with van der Waals surface area (Å²) in [5, 5.41) is 2.87. The standard InChI is InChI=1S/C29H32N4O3/c1-32(2)17-16-30-29(34)27-22-35-28(31-27)21-33(19-23-10-5-3-6-11-23)20-24-12-9-15-26(18-24)36-25-13-7-4-8-14-25/h3-15,18,22H,16-17,19-21H2,1-2H3,(H,30,34). The van der Waals surface area contributed by atoms with E-state index >= 15 is 0 Å². The number of hydrogen-bond donors (Lipinski definition) is 1. The van der Waals surface area contributed by atoms with E-state index in [1.165, 1.54) is 11.8 Å². The molecule has 0 atom stereocenters. The molecule has 1 aromatic heterocycles. The van der Waals surface area contributed by atoms with Crippen molar-refractivity contribution in [1.29, 1.82) is 0 Å². The molecule has 0 spiro atoms. The van der Waals surface area contributed by atoms with Crippen LogP contribution in [0.15, 0.2) is 95.6 Å². The summed E-state index contributed by atoms with van der Waals surface area (Å²) in [5.41, 5.74) is 2.58. The number of amides is 1. The number of nitrogens with zero attached hydrogens (tertiary/aromatic N) is 3. The predicted molar refractivity (Wildman–Crippen MR) is 140 cm³/mol. The zero-order valence-electron chi connectivity index (χ0n) is 20.8. The molecule has 0 saturated heterocycles. The van der Waals surface area contributed by atoms with Gasteiger partial charge in [0.1, 0.15) is 17.8 Å². The Labute approximate surface area is 212 Å². The van der Waals surface area contributed by atoms with Crippen LogP contribution in [0, 0.1) is 0 Å². The van der Waals surface area contributed by atoms with Crippen molar-refractivity contribution in [1.82, 2.24) is 20.1 Å². The van der Waals surface area contributed by atoms with Gasteiger partial charge in [-0.05, 0) is 49.5 Å².